The third-order valence-electron chi connectivity index (χ3n) is 7.08. The van der Waals surface area contributed by atoms with Crippen molar-refractivity contribution in [2.75, 3.05) is 0 Å². The van der Waals surface area contributed by atoms with Crippen LogP contribution in [0, 0.1) is 0 Å². The van der Waals surface area contributed by atoms with Gasteiger partial charge in [0.2, 0.25) is 0 Å². The van der Waals surface area contributed by atoms with Crippen molar-refractivity contribution >= 4 is 34.1 Å². The minimum atomic E-state index is -1.02. The monoisotopic (exact) mass is 540 g/mol. The van der Waals surface area contributed by atoms with E-state index in [1.54, 1.807) is 47.2 Å². The lowest BCUT2D eigenvalue weighted by atomic mass is 9.98. The molecule has 3 aromatic carbocycles. The summed E-state index contributed by atoms with van der Waals surface area (Å²) in [4.78, 5) is 43.2. The van der Waals surface area contributed by atoms with Gasteiger partial charge in [-0.1, -0.05) is 60.7 Å². The Morgan fingerprint density at radius 1 is 0.829 bits per heavy atom. The Labute approximate surface area is 234 Å². The molecule has 8 heteroatoms. The number of carbonyl (C=O) groups excluding carboxylic acids is 2. The molecule has 8 nitrogen and oxygen atoms in total. The highest BCUT2D eigenvalue weighted by Gasteiger charge is 2.23. The molecular formula is C33H24N4O4. The number of amides is 1. The third-order valence-corrected chi connectivity index (χ3v) is 7.08. The molecule has 2 N–H and O–H groups in total. The van der Waals surface area contributed by atoms with Gasteiger partial charge in [-0.05, 0) is 48.4 Å². The van der Waals surface area contributed by atoms with E-state index in [-0.39, 0.29) is 11.3 Å². The smallest absolute Gasteiger partial charge is 0.335 e. The molecule has 3 heterocycles. The zero-order chi connectivity index (χ0) is 28.5. The molecule has 0 bridgehead atoms. The van der Waals surface area contributed by atoms with Gasteiger partial charge in [-0.3, -0.25) is 14.6 Å². The summed E-state index contributed by atoms with van der Waals surface area (Å²) in [6, 6.07) is 26.4. The number of carboxylic acid groups (broad SMARTS) is 1. The van der Waals surface area contributed by atoms with Crippen LogP contribution in [0.3, 0.4) is 0 Å². The number of rotatable bonds is 7. The van der Waals surface area contributed by atoms with E-state index in [2.05, 4.69) is 15.4 Å². The van der Waals surface area contributed by atoms with Gasteiger partial charge in [0, 0.05) is 28.9 Å². The van der Waals surface area contributed by atoms with Crippen molar-refractivity contribution < 1.29 is 19.5 Å². The highest BCUT2D eigenvalue weighted by atomic mass is 16.4. The van der Waals surface area contributed by atoms with Crippen molar-refractivity contribution in [1.82, 2.24) is 19.9 Å². The molecule has 6 aromatic rings. The normalized spacial score (nSPS) is 11.8. The lowest BCUT2D eigenvalue weighted by molar-refractivity contribution is 0.0696. The maximum absolute atomic E-state index is 13.8. The number of nitrogens with zero attached hydrogens (tertiary/aromatic N) is 3. The first-order valence-corrected chi connectivity index (χ1v) is 13.0. The van der Waals surface area contributed by atoms with Crippen LogP contribution in [-0.4, -0.2) is 37.4 Å². The van der Waals surface area contributed by atoms with Crippen molar-refractivity contribution in [1.29, 1.82) is 0 Å². The summed E-state index contributed by atoms with van der Waals surface area (Å²) in [6.07, 6.45) is 4.96. The van der Waals surface area contributed by atoms with E-state index in [0.29, 0.717) is 27.7 Å². The molecule has 0 unspecified atom stereocenters. The molecule has 1 atom stereocenters. The highest BCUT2D eigenvalue weighted by molar-refractivity contribution is 6.17. The fourth-order valence-electron chi connectivity index (χ4n) is 4.88. The van der Waals surface area contributed by atoms with Gasteiger partial charge in [-0.2, -0.15) is 5.10 Å². The van der Waals surface area contributed by atoms with Gasteiger partial charge < -0.3 is 10.4 Å². The maximum atomic E-state index is 13.8. The molecule has 200 valence electrons. The van der Waals surface area contributed by atoms with Gasteiger partial charge in [0.15, 0.2) is 5.78 Å². The zero-order valence-corrected chi connectivity index (χ0v) is 22.0. The predicted molar refractivity (Wildman–Crippen MR) is 155 cm³/mol. The number of carboxylic acids is 1. The van der Waals surface area contributed by atoms with Crippen LogP contribution in [-0.2, 0) is 0 Å². The van der Waals surface area contributed by atoms with E-state index < -0.39 is 17.9 Å². The topological polar surface area (TPSA) is 114 Å². The molecule has 0 saturated heterocycles. The molecule has 0 fully saturated rings. The Bertz CT molecular complexity index is 1950. The SMILES string of the molecule is C[C@H](NC(=O)c1cc(-c2ccccc2)cn2ncc(C(=O)c3ccc4cccnc4c3)c12)c1ccc(C(=O)O)cc1. The van der Waals surface area contributed by atoms with Crippen LogP contribution >= 0.6 is 0 Å². The fraction of sp³-hybridized carbons (Fsp3) is 0.0606. The number of hydrogen-bond donors (Lipinski definition) is 2. The van der Waals surface area contributed by atoms with Crippen LogP contribution in [0.2, 0.25) is 0 Å². The van der Waals surface area contributed by atoms with Gasteiger partial charge in [0.1, 0.15) is 0 Å². The first-order chi connectivity index (χ1) is 19.9. The van der Waals surface area contributed by atoms with E-state index in [9.17, 15) is 19.5 Å². The summed E-state index contributed by atoms with van der Waals surface area (Å²) in [5.74, 6) is -1.68. The average molecular weight is 541 g/mol. The van der Waals surface area contributed by atoms with E-state index in [4.69, 9.17) is 0 Å². The van der Waals surface area contributed by atoms with Crippen molar-refractivity contribution in [3.63, 3.8) is 0 Å². The van der Waals surface area contributed by atoms with Gasteiger partial charge in [-0.15, -0.1) is 0 Å². The molecule has 0 saturated carbocycles. The molecular weight excluding hydrogens is 516 g/mol. The van der Waals surface area contributed by atoms with E-state index in [0.717, 1.165) is 22.1 Å². The molecule has 1 amide bonds. The molecule has 0 radical (unpaired) electrons. The minimum Gasteiger partial charge on any atom is -0.478 e. The number of ketones is 1. The van der Waals surface area contributed by atoms with Gasteiger partial charge >= 0.3 is 5.97 Å². The molecule has 0 aliphatic carbocycles. The highest BCUT2D eigenvalue weighted by Crippen LogP contribution is 2.28. The minimum absolute atomic E-state index is 0.163. The predicted octanol–water partition coefficient (Wildman–Crippen LogP) is 5.97. The van der Waals surface area contributed by atoms with Crippen molar-refractivity contribution in [2.45, 2.75) is 13.0 Å². The van der Waals surface area contributed by atoms with E-state index in [1.165, 1.54) is 18.3 Å². The third kappa shape index (κ3) is 4.94. The lowest BCUT2D eigenvalue weighted by Crippen LogP contribution is -2.27. The summed E-state index contributed by atoms with van der Waals surface area (Å²) in [5.41, 5.74) is 4.68. The van der Waals surface area contributed by atoms with Crippen molar-refractivity contribution in [3.05, 3.63) is 137 Å². The second-order valence-electron chi connectivity index (χ2n) is 9.72. The summed E-state index contributed by atoms with van der Waals surface area (Å²) >= 11 is 0. The lowest BCUT2D eigenvalue weighted by Gasteiger charge is -2.16. The zero-order valence-electron chi connectivity index (χ0n) is 22.0. The summed E-state index contributed by atoms with van der Waals surface area (Å²) in [6.45, 7) is 1.82. The number of nitrogens with one attached hydrogen (secondary N) is 1. The standard InChI is InChI=1S/C33H24N4O4/c1-20(21-9-12-24(13-10-21)33(40)41)36-32(39)27-16-26(22-6-3-2-4-7-22)19-37-30(27)28(18-35-37)31(38)25-14-11-23-8-5-15-34-29(23)17-25/h2-20H,1H3,(H,36,39)(H,40,41)/t20-/m0/s1. The van der Waals surface area contributed by atoms with Crippen molar-refractivity contribution in [3.8, 4) is 11.1 Å². The molecule has 0 spiro atoms. The van der Waals surface area contributed by atoms with Crippen molar-refractivity contribution in [2.24, 2.45) is 0 Å². The number of aromatic carboxylic acids is 1. The summed E-state index contributed by atoms with van der Waals surface area (Å²) < 4.78 is 1.57. The summed E-state index contributed by atoms with van der Waals surface area (Å²) in [7, 11) is 0. The Morgan fingerprint density at radius 2 is 1.59 bits per heavy atom. The fourth-order valence-corrected chi connectivity index (χ4v) is 4.88. The number of hydrogen-bond acceptors (Lipinski definition) is 5. The number of benzene rings is 3. The second kappa shape index (κ2) is 10.5. The number of aromatic nitrogens is 3. The molecule has 0 aliphatic rings. The van der Waals surface area contributed by atoms with Crippen LogP contribution in [0.15, 0.2) is 110 Å². The maximum Gasteiger partial charge on any atom is 0.335 e. The van der Waals surface area contributed by atoms with Gasteiger partial charge in [-0.25, -0.2) is 9.31 Å². The average Bonchev–Trinajstić information content (AvgIpc) is 3.44. The van der Waals surface area contributed by atoms with Gasteiger partial charge in [0.05, 0.1) is 40.0 Å². The first-order valence-electron chi connectivity index (χ1n) is 13.0. The van der Waals surface area contributed by atoms with E-state index in [1.807, 2.05) is 55.5 Å². The Kier molecular flexibility index (Phi) is 6.57. The summed E-state index contributed by atoms with van der Waals surface area (Å²) in [5, 5.41) is 17.6. The number of fused-ring (bicyclic) bond motifs is 2. The van der Waals surface area contributed by atoms with E-state index >= 15 is 0 Å². The van der Waals surface area contributed by atoms with Crippen LogP contribution < -0.4 is 5.32 Å². The number of carbonyl (C=O) groups is 3. The Hall–Kier alpha value is -5.63. The van der Waals surface area contributed by atoms with Crippen LogP contribution in [0.25, 0.3) is 27.5 Å². The quantitative estimate of drug-likeness (QED) is 0.241. The molecule has 41 heavy (non-hydrogen) atoms. The molecule has 6 rings (SSSR count). The number of pyridine rings is 2. The largest absolute Gasteiger partial charge is 0.478 e. The van der Waals surface area contributed by atoms with Crippen LogP contribution in [0.5, 0.6) is 0 Å². The van der Waals surface area contributed by atoms with Gasteiger partial charge in [0.25, 0.3) is 5.91 Å². The molecule has 0 aliphatic heterocycles. The van der Waals surface area contributed by atoms with Crippen LogP contribution in [0.4, 0.5) is 0 Å². The second-order valence-corrected chi connectivity index (χ2v) is 9.72. The first kappa shape index (κ1) is 25.6. The molecule has 3 aromatic heterocycles. The Morgan fingerprint density at radius 3 is 2.34 bits per heavy atom. The Balaban J connectivity index is 1.42. The van der Waals surface area contributed by atoms with Crippen LogP contribution in [0.1, 0.15) is 55.2 Å².